The van der Waals surface area contributed by atoms with Gasteiger partial charge in [-0.25, -0.2) is 0 Å². The van der Waals surface area contributed by atoms with Gasteiger partial charge in [-0.05, 0) is 30.7 Å². The predicted octanol–water partition coefficient (Wildman–Crippen LogP) is 0.195. The third-order valence-corrected chi connectivity index (χ3v) is 5.59. The second-order valence-corrected chi connectivity index (χ2v) is 7.47. The topological polar surface area (TPSA) is 73.0 Å². The zero-order valence-corrected chi connectivity index (χ0v) is 15.0. The van der Waals surface area contributed by atoms with Gasteiger partial charge < -0.3 is 9.80 Å². The van der Waals surface area contributed by atoms with Gasteiger partial charge in [-0.2, -0.15) is 0 Å². The molecule has 0 spiro atoms. The van der Waals surface area contributed by atoms with Crippen LogP contribution < -0.4 is 5.32 Å². The molecule has 3 aliphatic rings. The summed E-state index contributed by atoms with van der Waals surface area (Å²) in [7, 11) is 2.14. The van der Waals surface area contributed by atoms with Gasteiger partial charge in [0.05, 0.1) is 0 Å². The molecule has 0 aromatic heterocycles. The molecular formula is C19H24N4O3. The predicted molar refractivity (Wildman–Crippen MR) is 95.3 cm³/mol. The van der Waals surface area contributed by atoms with E-state index < -0.39 is 6.04 Å². The number of hydrogen-bond donors (Lipinski definition) is 1. The van der Waals surface area contributed by atoms with Gasteiger partial charge in [-0.1, -0.05) is 12.1 Å². The fourth-order valence-electron chi connectivity index (χ4n) is 3.99. The summed E-state index contributed by atoms with van der Waals surface area (Å²) in [5, 5.41) is 2.34. The molecule has 0 saturated carbocycles. The van der Waals surface area contributed by atoms with Crippen molar-refractivity contribution < 1.29 is 14.4 Å². The summed E-state index contributed by atoms with van der Waals surface area (Å²) in [6, 6.07) is 5.45. The third kappa shape index (κ3) is 3.24. The Morgan fingerprint density at radius 1 is 1.12 bits per heavy atom. The van der Waals surface area contributed by atoms with Crippen LogP contribution in [0.3, 0.4) is 0 Å². The van der Waals surface area contributed by atoms with Gasteiger partial charge in [-0.15, -0.1) is 0 Å². The lowest BCUT2D eigenvalue weighted by Crippen LogP contribution is -2.52. The number of benzene rings is 1. The molecule has 7 heteroatoms. The summed E-state index contributed by atoms with van der Waals surface area (Å²) >= 11 is 0. The van der Waals surface area contributed by atoms with Crippen LogP contribution in [0.15, 0.2) is 18.2 Å². The van der Waals surface area contributed by atoms with E-state index in [-0.39, 0.29) is 24.1 Å². The van der Waals surface area contributed by atoms with Gasteiger partial charge in [0.2, 0.25) is 11.8 Å². The van der Waals surface area contributed by atoms with Gasteiger partial charge in [0.25, 0.3) is 5.91 Å². The number of nitrogens with one attached hydrogen (secondary N) is 1. The average molecular weight is 356 g/mol. The van der Waals surface area contributed by atoms with Crippen molar-refractivity contribution in [1.82, 2.24) is 20.0 Å². The molecule has 3 heterocycles. The number of nitrogens with zero attached hydrogens (tertiary/aromatic N) is 3. The number of carbonyl (C=O) groups is 3. The Bertz CT molecular complexity index is 755. The van der Waals surface area contributed by atoms with E-state index in [4.69, 9.17) is 0 Å². The lowest BCUT2D eigenvalue weighted by molar-refractivity contribution is -0.136. The zero-order chi connectivity index (χ0) is 18.3. The van der Waals surface area contributed by atoms with Gasteiger partial charge in [0.15, 0.2) is 0 Å². The van der Waals surface area contributed by atoms with Crippen molar-refractivity contribution in [2.45, 2.75) is 32.0 Å². The molecule has 26 heavy (non-hydrogen) atoms. The Balaban J connectivity index is 1.46. The molecule has 0 radical (unpaired) electrons. The quantitative estimate of drug-likeness (QED) is 0.783. The molecule has 1 atom stereocenters. The fourth-order valence-corrected chi connectivity index (χ4v) is 3.99. The number of amides is 3. The number of carbonyl (C=O) groups excluding carboxylic acids is 3. The summed E-state index contributed by atoms with van der Waals surface area (Å²) in [6.07, 6.45) is 0.684. The van der Waals surface area contributed by atoms with Crippen LogP contribution in [0, 0.1) is 0 Å². The standard InChI is InChI=1S/C19H24N4O3/c1-21-6-8-22(9-7-21)11-13-2-3-15-14(10-13)12-23(19(15)26)16-4-5-17(24)20-18(16)25/h2-3,10,16H,4-9,11-12H2,1H3,(H,20,24,25). The zero-order valence-electron chi connectivity index (χ0n) is 15.0. The molecule has 1 N–H and O–H groups in total. The van der Waals surface area contributed by atoms with E-state index in [1.807, 2.05) is 12.1 Å². The van der Waals surface area contributed by atoms with Crippen molar-refractivity contribution >= 4 is 17.7 Å². The molecule has 3 amide bonds. The molecule has 138 valence electrons. The highest BCUT2D eigenvalue weighted by molar-refractivity contribution is 6.05. The molecule has 2 fully saturated rings. The Hall–Kier alpha value is -2.25. The van der Waals surface area contributed by atoms with E-state index in [2.05, 4.69) is 28.2 Å². The van der Waals surface area contributed by atoms with Crippen LogP contribution in [0.1, 0.15) is 34.3 Å². The van der Waals surface area contributed by atoms with Crippen molar-refractivity contribution in [3.63, 3.8) is 0 Å². The number of rotatable bonds is 3. The van der Waals surface area contributed by atoms with Crippen molar-refractivity contribution in [1.29, 1.82) is 0 Å². The van der Waals surface area contributed by atoms with E-state index in [0.717, 1.165) is 38.3 Å². The largest absolute Gasteiger partial charge is 0.322 e. The Labute approximate surface area is 152 Å². The van der Waals surface area contributed by atoms with Gasteiger partial charge >= 0.3 is 0 Å². The summed E-state index contributed by atoms with van der Waals surface area (Å²) in [6.45, 7) is 5.58. The minimum absolute atomic E-state index is 0.111. The molecule has 0 bridgehead atoms. The van der Waals surface area contributed by atoms with Crippen LogP contribution in [-0.4, -0.2) is 71.7 Å². The number of piperazine rings is 1. The van der Waals surface area contributed by atoms with Crippen LogP contribution in [0.2, 0.25) is 0 Å². The minimum Gasteiger partial charge on any atom is -0.322 e. The highest BCUT2D eigenvalue weighted by atomic mass is 16.2. The monoisotopic (exact) mass is 356 g/mol. The minimum atomic E-state index is -0.548. The van der Waals surface area contributed by atoms with Crippen LogP contribution in [0.25, 0.3) is 0 Å². The number of imide groups is 1. The fraction of sp³-hybridized carbons (Fsp3) is 0.526. The van der Waals surface area contributed by atoms with Crippen LogP contribution in [0.4, 0.5) is 0 Å². The van der Waals surface area contributed by atoms with Crippen molar-refractivity contribution in [3.8, 4) is 0 Å². The number of fused-ring (bicyclic) bond motifs is 1. The highest BCUT2D eigenvalue weighted by Gasteiger charge is 2.39. The first-order valence-electron chi connectivity index (χ1n) is 9.18. The lowest BCUT2D eigenvalue weighted by atomic mass is 10.0. The van der Waals surface area contributed by atoms with Crippen molar-refractivity contribution in [3.05, 3.63) is 34.9 Å². The molecule has 4 rings (SSSR count). The highest BCUT2D eigenvalue weighted by Crippen LogP contribution is 2.28. The van der Waals surface area contributed by atoms with Crippen LogP contribution in [0.5, 0.6) is 0 Å². The van der Waals surface area contributed by atoms with Gasteiger partial charge in [0.1, 0.15) is 6.04 Å². The van der Waals surface area contributed by atoms with E-state index in [1.165, 1.54) is 5.56 Å². The first-order chi connectivity index (χ1) is 12.5. The number of likely N-dealkylation sites (N-methyl/N-ethyl adjacent to an activating group) is 1. The molecule has 3 aliphatic heterocycles. The third-order valence-electron chi connectivity index (χ3n) is 5.59. The molecule has 2 saturated heterocycles. The average Bonchev–Trinajstić information content (AvgIpc) is 2.93. The SMILES string of the molecule is CN1CCN(Cc2ccc3c(c2)CN(C2CCC(=O)NC2=O)C3=O)CC1. The molecular weight excluding hydrogens is 332 g/mol. The second kappa shape index (κ2) is 6.81. The molecule has 1 unspecified atom stereocenters. The first-order valence-corrected chi connectivity index (χ1v) is 9.18. The van der Waals surface area contributed by atoms with Crippen LogP contribution in [-0.2, 0) is 22.7 Å². The van der Waals surface area contributed by atoms with E-state index >= 15 is 0 Å². The van der Waals surface area contributed by atoms with E-state index in [0.29, 0.717) is 18.5 Å². The van der Waals surface area contributed by atoms with E-state index in [1.54, 1.807) is 4.90 Å². The summed E-state index contributed by atoms with van der Waals surface area (Å²) in [5.74, 6) is -0.731. The smallest absolute Gasteiger partial charge is 0.255 e. The number of piperidine rings is 1. The summed E-state index contributed by atoms with van der Waals surface area (Å²) < 4.78 is 0. The summed E-state index contributed by atoms with van der Waals surface area (Å²) in [4.78, 5) is 42.5. The lowest BCUT2D eigenvalue weighted by Gasteiger charge is -2.32. The number of hydrogen-bond acceptors (Lipinski definition) is 5. The van der Waals surface area contributed by atoms with Crippen LogP contribution >= 0.6 is 0 Å². The normalized spacial score (nSPS) is 24.7. The first kappa shape index (κ1) is 17.2. The van der Waals surface area contributed by atoms with Gasteiger partial charge in [0, 0.05) is 51.3 Å². The van der Waals surface area contributed by atoms with Crippen molar-refractivity contribution in [2.24, 2.45) is 0 Å². The molecule has 1 aromatic carbocycles. The molecule has 7 nitrogen and oxygen atoms in total. The molecule has 0 aliphatic carbocycles. The summed E-state index contributed by atoms with van der Waals surface area (Å²) in [5.41, 5.74) is 2.86. The van der Waals surface area contributed by atoms with Gasteiger partial charge in [-0.3, -0.25) is 24.6 Å². The Morgan fingerprint density at radius 2 is 1.88 bits per heavy atom. The maximum Gasteiger partial charge on any atom is 0.255 e. The Kier molecular flexibility index (Phi) is 4.50. The Morgan fingerprint density at radius 3 is 2.62 bits per heavy atom. The molecule has 1 aromatic rings. The second-order valence-electron chi connectivity index (χ2n) is 7.47. The van der Waals surface area contributed by atoms with Crippen molar-refractivity contribution in [2.75, 3.05) is 33.2 Å². The maximum absolute atomic E-state index is 12.7. The van der Waals surface area contributed by atoms with E-state index in [9.17, 15) is 14.4 Å². The maximum atomic E-state index is 12.7.